The van der Waals surface area contributed by atoms with E-state index >= 15 is 0 Å². The van der Waals surface area contributed by atoms with Crippen molar-refractivity contribution in [1.82, 2.24) is 4.90 Å². The zero-order valence-corrected chi connectivity index (χ0v) is 9.31. The monoisotopic (exact) mass is 177 g/mol. The van der Waals surface area contributed by atoms with E-state index in [1.165, 1.54) is 5.70 Å². The summed E-state index contributed by atoms with van der Waals surface area (Å²) in [5.74, 6) is 5.99. The first-order valence-corrected chi connectivity index (χ1v) is 4.60. The van der Waals surface area contributed by atoms with E-state index in [1.54, 1.807) is 0 Å². The van der Waals surface area contributed by atoms with E-state index in [0.29, 0.717) is 0 Å². The smallest absolute Gasteiger partial charge is 0.0222 e. The average Bonchev–Trinajstić information content (AvgIpc) is 2.05. The Hall–Kier alpha value is -1.16. The van der Waals surface area contributed by atoms with Crippen LogP contribution in [0.2, 0.25) is 0 Å². The van der Waals surface area contributed by atoms with E-state index in [9.17, 15) is 0 Å². The molecule has 0 aromatic rings. The summed E-state index contributed by atoms with van der Waals surface area (Å²) in [6.07, 6.45) is 5.28. The lowest BCUT2D eigenvalue weighted by Crippen LogP contribution is -2.08. The van der Waals surface area contributed by atoms with Gasteiger partial charge >= 0.3 is 0 Å². The van der Waals surface area contributed by atoms with Gasteiger partial charge < -0.3 is 4.90 Å². The molecule has 0 aromatic heterocycles. The zero-order valence-electron chi connectivity index (χ0n) is 9.31. The number of hydrogen-bond acceptors (Lipinski definition) is 1. The SMILES string of the molecule is CC#CC(=C/CC)/C=C(\C)N(C)C. The summed E-state index contributed by atoms with van der Waals surface area (Å²) < 4.78 is 0. The first kappa shape index (κ1) is 11.8. The number of hydrogen-bond donors (Lipinski definition) is 0. The minimum atomic E-state index is 1.03. The maximum absolute atomic E-state index is 3.08. The van der Waals surface area contributed by atoms with Crippen LogP contribution in [0, 0.1) is 11.8 Å². The third kappa shape index (κ3) is 5.14. The fourth-order valence-corrected chi connectivity index (χ4v) is 0.864. The van der Waals surface area contributed by atoms with Crippen LogP contribution in [-0.4, -0.2) is 19.0 Å². The van der Waals surface area contributed by atoms with E-state index in [1.807, 2.05) is 21.0 Å². The quantitative estimate of drug-likeness (QED) is 0.473. The highest BCUT2D eigenvalue weighted by Gasteiger charge is 1.92. The number of nitrogens with zero attached hydrogens (tertiary/aromatic N) is 1. The Morgan fingerprint density at radius 1 is 1.38 bits per heavy atom. The maximum Gasteiger partial charge on any atom is 0.0222 e. The Morgan fingerprint density at radius 2 is 2.00 bits per heavy atom. The van der Waals surface area contributed by atoms with Crippen LogP contribution in [0.25, 0.3) is 0 Å². The summed E-state index contributed by atoms with van der Waals surface area (Å²) in [7, 11) is 4.07. The molecular formula is C12H19N. The fraction of sp³-hybridized carbons (Fsp3) is 0.500. The van der Waals surface area contributed by atoms with Gasteiger partial charge in [-0.15, -0.1) is 5.92 Å². The highest BCUT2D eigenvalue weighted by Crippen LogP contribution is 2.04. The minimum Gasteiger partial charge on any atom is -0.381 e. The third-order valence-corrected chi connectivity index (χ3v) is 1.76. The second kappa shape index (κ2) is 6.37. The van der Waals surface area contributed by atoms with Gasteiger partial charge in [0.05, 0.1) is 0 Å². The predicted molar refractivity (Wildman–Crippen MR) is 59.3 cm³/mol. The molecule has 0 N–H and O–H groups in total. The molecule has 72 valence electrons. The van der Waals surface area contributed by atoms with Gasteiger partial charge in [0.2, 0.25) is 0 Å². The topological polar surface area (TPSA) is 3.24 Å². The standard InChI is InChI=1S/C12H19N/c1-6-8-12(9-7-2)10-11(3)13(4)5/h8,10H,6H2,1-5H3/b11-10+,12-8-. The van der Waals surface area contributed by atoms with Gasteiger partial charge in [-0.05, 0) is 26.3 Å². The van der Waals surface area contributed by atoms with Crippen LogP contribution in [-0.2, 0) is 0 Å². The predicted octanol–water partition coefficient (Wildman–Crippen LogP) is 2.81. The van der Waals surface area contributed by atoms with E-state index in [-0.39, 0.29) is 0 Å². The van der Waals surface area contributed by atoms with Gasteiger partial charge in [0.15, 0.2) is 0 Å². The third-order valence-electron chi connectivity index (χ3n) is 1.76. The Bertz CT molecular complexity index is 259. The lowest BCUT2D eigenvalue weighted by molar-refractivity contribution is 0.513. The second-order valence-electron chi connectivity index (χ2n) is 3.12. The van der Waals surface area contributed by atoms with Crippen LogP contribution in [0.5, 0.6) is 0 Å². The molecule has 0 fully saturated rings. The molecule has 0 atom stereocenters. The van der Waals surface area contributed by atoms with E-state index in [2.05, 4.69) is 42.7 Å². The van der Waals surface area contributed by atoms with Crippen molar-refractivity contribution in [3.05, 3.63) is 23.4 Å². The first-order chi connectivity index (χ1) is 6.11. The highest BCUT2D eigenvalue weighted by molar-refractivity contribution is 5.39. The lowest BCUT2D eigenvalue weighted by atomic mass is 10.2. The van der Waals surface area contributed by atoms with Crippen molar-refractivity contribution in [2.24, 2.45) is 0 Å². The fourth-order valence-electron chi connectivity index (χ4n) is 0.864. The number of allylic oxidation sites excluding steroid dienone is 4. The van der Waals surface area contributed by atoms with Gasteiger partial charge in [-0.1, -0.05) is 18.9 Å². The molecule has 0 spiro atoms. The van der Waals surface area contributed by atoms with E-state index in [0.717, 1.165) is 12.0 Å². The summed E-state index contributed by atoms with van der Waals surface area (Å²) in [5, 5.41) is 0. The van der Waals surface area contributed by atoms with Crippen molar-refractivity contribution in [1.29, 1.82) is 0 Å². The van der Waals surface area contributed by atoms with Crippen LogP contribution in [0.15, 0.2) is 23.4 Å². The second-order valence-corrected chi connectivity index (χ2v) is 3.12. The van der Waals surface area contributed by atoms with Crippen molar-refractivity contribution in [3.8, 4) is 11.8 Å². The molecule has 0 radical (unpaired) electrons. The molecule has 0 rings (SSSR count). The van der Waals surface area contributed by atoms with Crippen LogP contribution in [0.3, 0.4) is 0 Å². The van der Waals surface area contributed by atoms with Gasteiger partial charge in [-0.3, -0.25) is 0 Å². The average molecular weight is 177 g/mol. The van der Waals surface area contributed by atoms with Crippen LogP contribution in [0.4, 0.5) is 0 Å². The summed E-state index contributed by atoms with van der Waals surface area (Å²) >= 11 is 0. The van der Waals surface area contributed by atoms with Crippen LogP contribution < -0.4 is 0 Å². The summed E-state index contributed by atoms with van der Waals surface area (Å²) in [6.45, 7) is 6.07. The molecular weight excluding hydrogens is 158 g/mol. The molecule has 0 unspecified atom stereocenters. The molecule has 0 bridgehead atoms. The van der Waals surface area contributed by atoms with Gasteiger partial charge in [-0.2, -0.15) is 0 Å². The van der Waals surface area contributed by atoms with E-state index in [4.69, 9.17) is 0 Å². The van der Waals surface area contributed by atoms with Crippen LogP contribution in [0.1, 0.15) is 27.2 Å². The normalized spacial score (nSPS) is 12.1. The van der Waals surface area contributed by atoms with Crippen molar-refractivity contribution in [2.75, 3.05) is 14.1 Å². The highest BCUT2D eigenvalue weighted by atomic mass is 15.1. The molecule has 0 aliphatic heterocycles. The van der Waals surface area contributed by atoms with Gasteiger partial charge in [-0.25, -0.2) is 0 Å². The molecule has 0 aromatic carbocycles. The first-order valence-electron chi connectivity index (χ1n) is 4.60. The Morgan fingerprint density at radius 3 is 2.38 bits per heavy atom. The maximum atomic E-state index is 3.08. The van der Waals surface area contributed by atoms with Crippen molar-refractivity contribution < 1.29 is 0 Å². The molecule has 1 nitrogen and oxygen atoms in total. The molecule has 1 heteroatoms. The Kier molecular flexibility index (Phi) is 5.80. The van der Waals surface area contributed by atoms with E-state index < -0.39 is 0 Å². The van der Waals surface area contributed by atoms with Crippen molar-refractivity contribution >= 4 is 0 Å². The molecule has 0 saturated carbocycles. The Balaban J connectivity index is 4.66. The van der Waals surface area contributed by atoms with Gasteiger partial charge in [0.25, 0.3) is 0 Å². The van der Waals surface area contributed by atoms with Crippen molar-refractivity contribution in [3.63, 3.8) is 0 Å². The summed E-state index contributed by atoms with van der Waals surface area (Å²) in [5.41, 5.74) is 2.33. The van der Waals surface area contributed by atoms with Crippen LogP contribution >= 0.6 is 0 Å². The molecule has 0 saturated heterocycles. The Labute approximate surface area is 82.1 Å². The van der Waals surface area contributed by atoms with Gasteiger partial charge in [0, 0.05) is 25.4 Å². The molecule has 0 aliphatic carbocycles. The largest absolute Gasteiger partial charge is 0.381 e. The zero-order chi connectivity index (χ0) is 10.3. The molecule has 0 aliphatic rings. The summed E-state index contributed by atoms with van der Waals surface area (Å²) in [4.78, 5) is 2.08. The van der Waals surface area contributed by atoms with Crippen molar-refractivity contribution in [2.45, 2.75) is 27.2 Å². The molecule has 0 amide bonds. The number of rotatable bonds is 3. The molecule has 0 heterocycles. The molecule has 13 heavy (non-hydrogen) atoms. The minimum absolute atomic E-state index is 1.03. The van der Waals surface area contributed by atoms with Gasteiger partial charge in [0.1, 0.15) is 0 Å². The summed E-state index contributed by atoms with van der Waals surface area (Å²) in [6, 6.07) is 0. The lowest BCUT2D eigenvalue weighted by Gasteiger charge is -2.12.